The van der Waals surface area contributed by atoms with Gasteiger partial charge in [0.1, 0.15) is 0 Å². The summed E-state index contributed by atoms with van der Waals surface area (Å²) >= 11 is 0. The SMILES string of the molecule is O=C(NCCO)C(=O)NC[C@H](c1ccco1)[NH+]1CCN(c2ccccc2)CC1. The maximum Gasteiger partial charge on any atom is 0.309 e. The Labute approximate surface area is 164 Å². The lowest BCUT2D eigenvalue weighted by atomic mass is 10.1. The van der Waals surface area contributed by atoms with E-state index in [1.807, 2.05) is 30.3 Å². The molecule has 0 saturated carbocycles. The molecule has 4 N–H and O–H groups in total. The van der Waals surface area contributed by atoms with Crippen LogP contribution in [-0.2, 0) is 9.59 Å². The molecule has 1 aliphatic heterocycles. The average Bonchev–Trinajstić information content (AvgIpc) is 3.27. The Morgan fingerprint density at radius 1 is 1.07 bits per heavy atom. The molecule has 1 aliphatic rings. The number of nitrogens with zero attached hydrogens (tertiary/aromatic N) is 1. The van der Waals surface area contributed by atoms with Gasteiger partial charge in [0, 0.05) is 12.2 Å². The molecule has 8 nitrogen and oxygen atoms in total. The second-order valence-corrected chi connectivity index (χ2v) is 6.74. The molecule has 2 amide bonds. The van der Waals surface area contributed by atoms with E-state index in [1.54, 1.807) is 6.26 Å². The predicted molar refractivity (Wildman–Crippen MR) is 104 cm³/mol. The number of aliphatic hydroxyl groups excluding tert-OH is 1. The fourth-order valence-corrected chi connectivity index (χ4v) is 3.50. The lowest BCUT2D eigenvalue weighted by Gasteiger charge is -2.37. The second-order valence-electron chi connectivity index (χ2n) is 6.74. The van der Waals surface area contributed by atoms with Crippen LogP contribution in [0.2, 0.25) is 0 Å². The van der Waals surface area contributed by atoms with Crippen LogP contribution in [0.3, 0.4) is 0 Å². The predicted octanol–water partition coefficient (Wildman–Crippen LogP) is -1.05. The molecule has 1 atom stereocenters. The molecule has 3 rings (SSSR count). The molecule has 2 heterocycles. The summed E-state index contributed by atoms with van der Waals surface area (Å²) in [5.74, 6) is -0.650. The van der Waals surface area contributed by atoms with Gasteiger partial charge in [0.25, 0.3) is 0 Å². The standard InChI is InChI=1S/C20H26N4O4/c25-13-8-21-19(26)20(27)22-15-17(18-7-4-14-28-18)24-11-9-23(10-12-24)16-5-2-1-3-6-16/h1-7,14,17,25H,8-13,15H2,(H,21,26)(H,22,27)/p+1/t17-/m1/s1. The van der Waals surface area contributed by atoms with Crippen molar-refractivity contribution in [3.63, 3.8) is 0 Å². The number of hydrogen-bond acceptors (Lipinski definition) is 5. The number of hydrogen-bond donors (Lipinski definition) is 4. The minimum absolute atomic E-state index is 0.0561. The largest absolute Gasteiger partial charge is 0.463 e. The first-order valence-corrected chi connectivity index (χ1v) is 9.54. The normalized spacial score (nSPS) is 15.8. The first kappa shape index (κ1) is 19.9. The van der Waals surface area contributed by atoms with Crippen LogP contribution < -0.4 is 20.4 Å². The Balaban J connectivity index is 1.59. The molecule has 28 heavy (non-hydrogen) atoms. The van der Waals surface area contributed by atoms with Gasteiger partial charge in [-0.15, -0.1) is 0 Å². The second kappa shape index (κ2) is 9.91. The number of carbonyl (C=O) groups excluding carboxylic acids is 2. The molecule has 0 radical (unpaired) electrons. The Morgan fingerprint density at radius 2 is 1.79 bits per heavy atom. The number of furan rings is 1. The first-order chi connectivity index (χ1) is 13.7. The number of piperazine rings is 1. The van der Waals surface area contributed by atoms with Gasteiger partial charge < -0.3 is 30.0 Å². The van der Waals surface area contributed by atoms with E-state index in [0.717, 1.165) is 31.9 Å². The molecule has 8 heteroatoms. The van der Waals surface area contributed by atoms with Crippen LogP contribution in [0, 0.1) is 0 Å². The van der Waals surface area contributed by atoms with Gasteiger partial charge in [-0.2, -0.15) is 0 Å². The lowest BCUT2D eigenvalue weighted by Crippen LogP contribution is -3.15. The van der Waals surface area contributed by atoms with Crippen LogP contribution in [0.1, 0.15) is 11.8 Å². The van der Waals surface area contributed by atoms with Gasteiger partial charge in [-0.1, -0.05) is 18.2 Å². The molecule has 0 unspecified atom stereocenters. The van der Waals surface area contributed by atoms with E-state index in [9.17, 15) is 9.59 Å². The topological polar surface area (TPSA) is 99.2 Å². The summed E-state index contributed by atoms with van der Waals surface area (Å²) < 4.78 is 5.60. The first-order valence-electron chi connectivity index (χ1n) is 9.54. The molecule has 0 spiro atoms. The number of para-hydroxylation sites is 1. The summed E-state index contributed by atoms with van der Waals surface area (Å²) in [7, 11) is 0. The summed E-state index contributed by atoms with van der Waals surface area (Å²) in [6.45, 7) is 3.76. The van der Waals surface area contributed by atoms with E-state index in [2.05, 4.69) is 27.7 Å². The van der Waals surface area contributed by atoms with Crippen molar-refractivity contribution in [2.24, 2.45) is 0 Å². The van der Waals surface area contributed by atoms with Crippen molar-refractivity contribution in [3.05, 3.63) is 54.5 Å². The van der Waals surface area contributed by atoms with Gasteiger partial charge >= 0.3 is 11.8 Å². The smallest absolute Gasteiger partial charge is 0.309 e. The molecular weight excluding hydrogens is 360 g/mol. The summed E-state index contributed by atoms with van der Waals surface area (Å²) in [6, 6.07) is 14.0. The van der Waals surface area contributed by atoms with Crippen LogP contribution in [0.25, 0.3) is 0 Å². The Morgan fingerprint density at radius 3 is 2.43 bits per heavy atom. The van der Waals surface area contributed by atoms with Crippen molar-refractivity contribution in [1.82, 2.24) is 10.6 Å². The number of carbonyl (C=O) groups is 2. The van der Waals surface area contributed by atoms with Crippen LogP contribution in [0.4, 0.5) is 5.69 Å². The highest BCUT2D eigenvalue weighted by Crippen LogP contribution is 2.14. The number of quaternary nitrogens is 1. The summed E-state index contributed by atoms with van der Waals surface area (Å²) in [6.07, 6.45) is 1.62. The Kier molecular flexibility index (Phi) is 7.05. The fourth-order valence-electron chi connectivity index (χ4n) is 3.50. The summed E-state index contributed by atoms with van der Waals surface area (Å²) in [4.78, 5) is 27.4. The van der Waals surface area contributed by atoms with Crippen LogP contribution in [0.15, 0.2) is 53.1 Å². The maximum atomic E-state index is 12.0. The lowest BCUT2D eigenvalue weighted by molar-refractivity contribution is -0.932. The van der Waals surface area contributed by atoms with Crippen LogP contribution in [-0.4, -0.2) is 62.8 Å². The van der Waals surface area contributed by atoms with E-state index in [1.165, 1.54) is 10.6 Å². The van der Waals surface area contributed by atoms with E-state index in [-0.39, 0.29) is 19.2 Å². The van der Waals surface area contributed by atoms with Crippen molar-refractivity contribution in [1.29, 1.82) is 0 Å². The highest BCUT2D eigenvalue weighted by atomic mass is 16.3. The third-order valence-corrected chi connectivity index (χ3v) is 4.98. The Hall–Kier alpha value is -2.84. The van der Waals surface area contributed by atoms with Gasteiger partial charge in [0.2, 0.25) is 0 Å². The third-order valence-electron chi connectivity index (χ3n) is 4.98. The van der Waals surface area contributed by atoms with E-state index < -0.39 is 11.8 Å². The maximum absolute atomic E-state index is 12.0. The number of amides is 2. The number of nitrogens with one attached hydrogen (secondary N) is 3. The van der Waals surface area contributed by atoms with Gasteiger partial charge in [-0.05, 0) is 24.3 Å². The molecule has 1 saturated heterocycles. The molecule has 1 aromatic carbocycles. The quantitative estimate of drug-likeness (QED) is 0.455. The average molecular weight is 387 g/mol. The van der Waals surface area contributed by atoms with Crippen molar-refractivity contribution in [2.75, 3.05) is 50.8 Å². The highest BCUT2D eigenvalue weighted by Gasteiger charge is 2.31. The molecule has 2 aromatic rings. The zero-order valence-electron chi connectivity index (χ0n) is 15.8. The number of benzene rings is 1. The Bertz CT molecular complexity index is 743. The van der Waals surface area contributed by atoms with Gasteiger partial charge in [-0.25, -0.2) is 0 Å². The monoisotopic (exact) mass is 387 g/mol. The molecule has 150 valence electrons. The number of anilines is 1. The van der Waals surface area contributed by atoms with E-state index >= 15 is 0 Å². The molecule has 0 aliphatic carbocycles. The number of rotatable bonds is 7. The van der Waals surface area contributed by atoms with Gasteiger partial charge in [-0.3, -0.25) is 9.59 Å². The van der Waals surface area contributed by atoms with Crippen molar-refractivity contribution in [2.45, 2.75) is 6.04 Å². The minimum atomic E-state index is -0.740. The zero-order valence-corrected chi connectivity index (χ0v) is 15.8. The highest BCUT2D eigenvalue weighted by molar-refractivity contribution is 6.35. The summed E-state index contributed by atoms with van der Waals surface area (Å²) in [5, 5.41) is 13.8. The van der Waals surface area contributed by atoms with E-state index in [0.29, 0.717) is 6.54 Å². The zero-order chi connectivity index (χ0) is 19.8. The molecule has 0 bridgehead atoms. The van der Waals surface area contributed by atoms with Crippen LogP contribution >= 0.6 is 0 Å². The van der Waals surface area contributed by atoms with Crippen molar-refractivity contribution in [3.8, 4) is 0 Å². The van der Waals surface area contributed by atoms with Crippen LogP contribution in [0.5, 0.6) is 0 Å². The molecular formula is C20H27N4O4+. The van der Waals surface area contributed by atoms with Gasteiger partial charge in [0.05, 0.1) is 45.6 Å². The van der Waals surface area contributed by atoms with Crippen molar-refractivity contribution < 1.29 is 24.0 Å². The summed E-state index contributed by atoms with van der Waals surface area (Å²) in [5.41, 5.74) is 1.21. The van der Waals surface area contributed by atoms with E-state index in [4.69, 9.17) is 9.52 Å². The van der Waals surface area contributed by atoms with Gasteiger partial charge in [0.15, 0.2) is 11.8 Å². The third kappa shape index (κ3) is 5.11. The molecule has 1 aromatic heterocycles. The molecule has 1 fully saturated rings. The minimum Gasteiger partial charge on any atom is -0.463 e. The van der Waals surface area contributed by atoms with Crippen molar-refractivity contribution >= 4 is 17.5 Å². The number of aliphatic hydroxyl groups is 1. The fraction of sp³-hybridized carbons (Fsp3) is 0.400.